The topological polar surface area (TPSA) is 71.5 Å². The molecule has 2 atom stereocenters. The van der Waals surface area contributed by atoms with Gasteiger partial charge in [-0.25, -0.2) is 4.98 Å². The van der Waals surface area contributed by atoms with Gasteiger partial charge in [0.1, 0.15) is 5.58 Å². The van der Waals surface area contributed by atoms with Crippen LogP contribution >= 0.6 is 0 Å². The van der Waals surface area contributed by atoms with Gasteiger partial charge in [-0.3, -0.25) is 4.79 Å². The first kappa shape index (κ1) is 18.5. The fourth-order valence-corrected chi connectivity index (χ4v) is 3.55. The van der Waals surface area contributed by atoms with Crippen LogP contribution in [0.5, 0.6) is 0 Å². The van der Waals surface area contributed by atoms with Crippen molar-refractivity contribution in [2.24, 2.45) is 0 Å². The quantitative estimate of drug-likeness (QED) is 0.722. The van der Waals surface area contributed by atoms with Gasteiger partial charge in [0.25, 0.3) is 5.91 Å². The number of para-hydroxylation sites is 1. The Kier molecular flexibility index (Phi) is 4.04. The zero-order valence-electron chi connectivity index (χ0n) is 15.2. The van der Waals surface area contributed by atoms with Gasteiger partial charge < -0.3 is 19.0 Å². The fourth-order valence-electron chi connectivity index (χ4n) is 3.55. The van der Waals surface area contributed by atoms with E-state index in [2.05, 4.69) is 4.98 Å². The molecule has 6 nitrogen and oxygen atoms in total. The summed E-state index contributed by atoms with van der Waals surface area (Å²) in [6.45, 7) is 2.60. The second kappa shape index (κ2) is 6.10. The number of rotatable bonds is 2. The molecule has 0 aliphatic carbocycles. The van der Waals surface area contributed by atoms with Gasteiger partial charge in [-0.2, -0.15) is 13.2 Å². The SMILES string of the molecule is C[C@H]1CN(C(=O)c2cc3ccccc3o2)Cc2cnc([C@@](C)(O)C(F)(F)F)n21. The number of halogens is 3. The van der Waals surface area contributed by atoms with Crippen LogP contribution in [0.4, 0.5) is 13.2 Å². The average molecular weight is 393 g/mol. The molecular formula is C19H18F3N3O3. The van der Waals surface area contributed by atoms with Crippen LogP contribution < -0.4 is 0 Å². The molecule has 1 amide bonds. The standard InChI is InChI=1S/C19H18F3N3O3/c1-11-9-24(16(26)15-7-12-5-3-4-6-14(12)28-15)10-13-8-23-17(25(11)13)18(2,27)19(20,21)22/h3-8,11,27H,9-10H2,1-2H3/t11-,18+/m0/s1. The predicted octanol–water partition coefficient (Wildman–Crippen LogP) is 3.62. The molecule has 3 heterocycles. The summed E-state index contributed by atoms with van der Waals surface area (Å²) >= 11 is 0. The normalized spacial score (nSPS) is 19.5. The molecular weight excluding hydrogens is 375 g/mol. The van der Waals surface area contributed by atoms with Crippen LogP contribution in [-0.4, -0.2) is 38.2 Å². The summed E-state index contributed by atoms with van der Waals surface area (Å²) in [6, 6.07) is 8.37. The number of alkyl halides is 3. The van der Waals surface area contributed by atoms with Crippen LogP contribution in [0.3, 0.4) is 0 Å². The lowest BCUT2D eigenvalue weighted by Gasteiger charge is -2.35. The van der Waals surface area contributed by atoms with Crippen LogP contribution in [0.25, 0.3) is 11.0 Å². The molecule has 0 bridgehead atoms. The number of carbonyl (C=O) groups excluding carboxylic acids is 1. The molecule has 2 aromatic heterocycles. The molecule has 1 N–H and O–H groups in total. The highest BCUT2D eigenvalue weighted by molar-refractivity contribution is 5.96. The summed E-state index contributed by atoms with van der Waals surface area (Å²) in [7, 11) is 0. The number of hydrogen-bond acceptors (Lipinski definition) is 4. The Balaban J connectivity index is 1.65. The van der Waals surface area contributed by atoms with E-state index in [1.54, 1.807) is 25.1 Å². The molecule has 0 saturated heterocycles. The first-order valence-corrected chi connectivity index (χ1v) is 8.73. The van der Waals surface area contributed by atoms with Gasteiger partial charge in [0, 0.05) is 11.9 Å². The summed E-state index contributed by atoms with van der Waals surface area (Å²) < 4.78 is 46.7. The first-order chi connectivity index (χ1) is 13.1. The van der Waals surface area contributed by atoms with E-state index in [1.165, 1.54) is 15.7 Å². The van der Waals surface area contributed by atoms with Crippen molar-refractivity contribution in [2.45, 2.75) is 38.2 Å². The number of amides is 1. The summed E-state index contributed by atoms with van der Waals surface area (Å²) in [5.74, 6) is -0.651. The molecule has 9 heteroatoms. The molecule has 4 rings (SSSR count). The second-order valence-corrected chi connectivity index (χ2v) is 7.20. The van der Waals surface area contributed by atoms with Gasteiger partial charge in [0.2, 0.25) is 5.60 Å². The van der Waals surface area contributed by atoms with E-state index < -0.39 is 23.6 Å². The molecule has 1 aliphatic heterocycles. The Morgan fingerprint density at radius 2 is 2.04 bits per heavy atom. The van der Waals surface area contributed by atoms with Crippen molar-refractivity contribution >= 4 is 16.9 Å². The molecule has 1 aliphatic rings. The molecule has 28 heavy (non-hydrogen) atoms. The van der Waals surface area contributed by atoms with Crippen molar-refractivity contribution < 1.29 is 27.5 Å². The Morgan fingerprint density at radius 3 is 2.71 bits per heavy atom. The molecule has 148 valence electrons. The zero-order valence-corrected chi connectivity index (χ0v) is 15.2. The lowest BCUT2D eigenvalue weighted by Crippen LogP contribution is -2.45. The van der Waals surface area contributed by atoms with Crippen molar-refractivity contribution in [3.63, 3.8) is 0 Å². The first-order valence-electron chi connectivity index (χ1n) is 8.73. The molecule has 0 spiro atoms. The number of imidazole rings is 1. The van der Waals surface area contributed by atoms with Crippen LogP contribution in [0, 0.1) is 0 Å². The summed E-state index contributed by atoms with van der Waals surface area (Å²) in [6.07, 6.45) is -3.60. The highest BCUT2D eigenvalue weighted by Crippen LogP contribution is 2.40. The smallest absolute Gasteiger partial charge is 0.424 e. The summed E-state index contributed by atoms with van der Waals surface area (Å²) in [5.41, 5.74) is -2.07. The Hall–Kier alpha value is -2.81. The van der Waals surface area contributed by atoms with E-state index in [1.807, 2.05) is 12.1 Å². The summed E-state index contributed by atoms with van der Waals surface area (Å²) in [5, 5.41) is 10.8. The molecule has 3 aromatic rings. The van der Waals surface area contributed by atoms with E-state index in [0.717, 1.165) is 5.39 Å². The largest absolute Gasteiger partial charge is 0.451 e. The number of fused-ring (bicyclic) bond motifs is 2. The van der Waals surface area contributed by atoms with E-state index >= 15 is 0 Å². The number of aliphatic hydroxyl groups is 1. The van der Waals surface area contributed by atoms with Crippen molar-refractivity contribution in [3.05, 3.63) is 53.8 Å². The third-order valence-electron chi connectivity index (χ3n) is 5.06. The highest BCUT2D eigenvalue weighted by Gasteiger charge is 2.55. The molecule has 0 fully saturated rings. The summed E-state index contributed by atoms with van der Waals surface area (Å²) in [4.78, 5) is 18.2. The lowest BCUT2D eigenvalue weighted by atomic mass is 10.0. The Morgan fingerprint density at radius 1 is 1.32 bits per heavy atom. The lowest BCUT2D eigenvalue weighted by molar-refractivity contribution is -0.263. The Labute approximate surface area is 158 Å². The number of benzene rings is 1. The molecule has 0 unspecified atom stereocenters. The van der Waals surface area contributed by atoms with Gasteiger partial charge in [0.05, 0.1) is 24.5 Å². The van der Waals surface area contributed by atoms with Crippen LogP contribution in [-0.2, 0) is 12.1 Å². The van der Waals surface area contributed by atoms with E-state index in [-0.39, 0.29) is 24.8 Å². The molecule has 1 aromatic carbocycles. The third-order valence-corrected chi connectivity index (χ3v) is 5.06. The van der Waals surface area contributed by atoms with Crippen LogP contribution in [0.15, 0.2) is 40.9 Å². The van der Waals surface area contributed by atoms with Gasteiger partial charge >= 0.3 is 6.18 Å². The number of aromatic nitrogens is 2. The number of hydrogen-bond donors (Lipinski definition) is 1. The predicted molar refractivity (Wildman–Crippen MR) is 93.5 cm³/mol. The van der Waals surface area contributed by atoms with E-state index in [4.69, 9.17) is 4.42 Å². The monoisotopic (exact) mass is 393 g/mol. The minimum absolute atomic E-state index is 0.0706. The molecule has 0 saturated carbocycles. The maximum absolute atomic E-state index is 13.2. The van der Waals surface area contributed by atoms with Crippen molar-refractivity contribution in [1.29, 1.82) is 0 Å². The third kappa shape index (κ3) is 2.77. The van der Waals surface area contributed by atoms with Crippen LogP contribution in [0.1, 0.15) is 42.0 Å². The minimum atomic E-state index is -4.87. The average Bonchev–Trinajstić information content (AvgIpc) is 3.24. The maximum atomic E-state index is 13.2. The van der Waals surface area contributed by atoms with Crippen molar-refractivity contribution in [3.8, 4) is 0 Å². The van der Waals surface area contributed by atoms with Crippen LogP contribution in [0.2, 0.25) is 0 Å². The van der Waals surface area contributed by atoms with Gasteiger partial charge in [-0.1, -0.05) is 18.2 Å². The highest BCUT2D eigenvalue weighted by atomic mass is 19.4. The van der Waals surface area contributed by atoms with Crippen molar-refractivity contribution in [1.82, 2.24) is 14.5 Å². The number of nitrogens with zero attached hydrogens (tertiary/aromatic N) is 3. The van der Waals surface area contributed by atoms with E-state index in [0.29, 0.717) is 18.2 Å². The van der Waals surface area contributed by atoms with Gasteiger partial charge in [-0.05, 0) is 26.0 Å². The minimum Gasteiger partial charge on any atom is -0.451 e. The maximum Gasteiger partial charge on any atom is 0.424 e. The van der Waals surface area contributed by atoms with Crippen molar-refractivity contribution in [2.75, 3.05) is 6.54 Å². The van der Waals surface area contributed by atoms with Gasteiger partial charge in [0.15, 0.2) is 11.6 Å². The fraction of sp³-hybridized carbons (Fsp3) is 0.368. The number of furan rings is 1. The Bertz CT molecular complexity index is 1020. The van der Waals surface area contributed by atoms with Gasteiger partial charge in [-0.15, -0.1) is 0 Å². The second-order valence-electron chi connectivity index (χ2n) is 7.20. The zero-order chi connectivity index (χ0) is 20.3. The van der Waals surface area contributed by atoms with E-state index in [9.17, 15) is 23.1 Å². The number of carbonyl (C=O) groups is 1. The molecule has 0 radical (unpaired) electrons.